The van der Waals surface area contributed by atoms with Crippen LogP contribution in [0.3, 0.4) is 0 Å². The van der Waals surface area contributed by atoms with Gasteiger partial charge < -0.3 is 5.11 Å². The number of phenolic OH excluding ortho intramolecular Hbond substituents is 1. The van der Waals surface area contributed by atoms with Gasteiger partial charge in [-0.25, -0.2) is 9.67 Å². The zero-order chi connectivity index (χ0) is 8.39. The first-order chi connectivity index (χ1) is 5.86. The van der Waals surface area contributed by atoms with Crippen molar-refractivity contribution in [3.63, 3.8) is 0 Å². The molecule has 0 unspecified atom stereocenters. The predicted octanol–water partition coefficient (Wildman–Crippen LogP) is 0.973. The van der Waals surface area contributed by atoms with Crippen LogP contribution in [-0.4, -0.2) is 19.9 Å². The second kappa shape index (κ2) is 2.65. The molecule has 0 atom stereocenters. The Morgan fingerprint density at radius 3 is 2.92 bits per heavy atom. The molecule has 0 radical (unpaired) electrons. The van der Waals surface area contributed by atoms with E-state index in [4.69, 9.17) is 5.11 Å². The number of hydrogen-bond acceptors (Lipinski definition) is 3. The SMILES string of the molecule is Oc1cccc(-n2cncn2)c1. The van der Waals surface area contributed by atoms with Gasteiger partial charge in [0.1, 0.15) is 18.4 Å². The Morgan fingerprint density at radius 2 is 2.25 bits per heavy atom. The highest BCUT2D eigenvalue weighted by Gasteiger charge is 1.95. The molecule has 2 rings (SSSR count). The van der Waals surface area contributed by atoms with Gasteiger partial charge >= 0.3 is 0 Å². The number of benzene rings is 1. The van der Waals surface area contributed by atoms with Crippen molar-refractivity contribution in [3.05, 3.63) is 36.9 Å². The Kier molecular flexibility index (Phi) is 1.51. The molecule has 0 saturated heterocycles. The van der Waals surface area contributed by atoms with Gasteiger partial charge in [0.25, 0.3) is 0 Å². The van der Waals surface area contributed by atoms with Gasteiger partial charge in [-0.2, -0.15) is 5.10 Å². The van der Waals surface area contributed by atoms with E-state index in [1.807, 2.05) is 6.07 Å². The van der Waals surface area contributed by atoms with Crippen molar-refractivity contribution in [2.75, 3.05) is 0 Å². The zero-order valence-electron chi connectivity index (χ0n) is 6.25. The monoisotopic (exact) mass is 161 g/mol. The van der Waals surface area contributed by atoms with Crippen molar-refractivity contribution in [2.24, 2.45) is 0 Å². The molecule has 4 heteroatoms. The molecule has 0 aliphatic carbocycles. The number of phenols is 1. The minimum atomic E-state index is 0.225. The van der Waals surface area contributed by atoms with Crippen LogP contribution in [0.1, 0.15) is 0 Å². The minimum absolute atomic E-state index is 0.225. The Balaban J connectivity index is 2.48. The van der Waals surface area contributed by atoms with Gasteiger partial charge in [-0.3, -0.25) is 0 Å². The summed E-state index contributed by atoms with van der Waals surface area (Å²) in [5.41, 5.74) is 0.799. The van der Waals surface area contributed by atoms with Crippen molar-refractivity contribution < 1.29 is 5.11 Å². The number of aromatic nitrogens is 3. The molecule has 1 aromatic heterocycles. The largest absolute Gasteiger partial charge is 0.508 e. The van der Waals surface area contributed by atoms with Gasteiger partial charge in [0.05, 0.1) is 5.69 Å². The maximum Gasteiger partial charge on any atom is 0.138 e. The summed E-state index contributed by atoms with van der Waals surface area (Å²) in [5, 5.41) is 13.1. The van der Waals surface area contributed by atoms with Crippen molar-refractivity contribution >= 4 is 0 Å². The van der Waals surface area contributed by atoms with Crippen LogP contribution < -0.4 is 0 Å². The van der Waals surface area contributed by atoms with Crippen LogP contribution in [0.25, 0.3) is 5.69 Å². The Morgan fingerprint density at radius 1 is 1.33 bits per heavy atom. The summed E-state index contributed by atoms with van der Waals surface area (Å²) in [5.74, 6) is 0.225. The van der Waals surface area contributed by atoms with Gasteiger partial charge in [0, 0.05) is 6.07 Å². The topological polar surface area (TPSA) is 50.9 Å². The lowest BCUT2D eigenvalue weighted by Crippen LogP contribution is -1.92. The maximum atomic E-state index is 9.15. The molecule has 0 aliphatic rings. The van der Waals surface area contributed by atoms with E-state index in [9.17, 15) is 0 Å². The summed E-state index contributed by atoms with van der Waals surface area (Å²) in [4.78, 5) is 3.80. The smallest absolute Gasteiger partial charge is 0.138 e. The summed E-state index contributed by atoms with van der Waals surface area (Å²) in [6.07, 6.45) is 3.03. The second-order valence-corrected chi connectivity index (χ2v) is 2.36. The summed E-state index contributed by atoms with van der Waals surface area (Å²) in [6.45, 7) is 0. The van der Waals surface area contributed by atoms with Crippen molar-refractivity contribution in [1.82, 2.24) is 14.8 Å². The fourth-order valence-corrected chi connectivity index (χ4v) is 0.977. The van der Waals surface area contributed by atoms with Crippen molar-refractivity contribution in [1.29, 1.82) is 0 Å². The molecule has 2 aromatic rings. The number of hydrogen-bond donors (Lipinski definition) is 1. The molecule has 12 heavy (non-hydrogen) atoms. The molecule has 1 aromatic carbocycles. The Bertz CT molecular complexity index is 370. The summed E-state index contributed by atoms with van der Waals surface area (Å²) in [6, 6.07) is 6.83. The normalized spacial score (nSPS) is 10.0. The Labute approximate surface area is 69.1 Å². The lowest BCUT2D eigenvalue weighted by atomic mass is 10.3. The van der Waals surface area contributed by atoms with E-state index in [2.05, 4.69) is 10.1 Å². The van der Waals surface area contributed by atoms with Gasteiger partial charge in [-0.05, 0) is 12.1 Å². The third kappa shape index (κ3) is 1.14. The highest BCUT2D eigenvalue weighted by atomic mass is 16.3. The summed E-state index contributed by atoms with van der Waals surface area (Å²) >= 11 is 0. The van der Waals surface area contributed by atoms with E-state index in [0.717, 1.165) is 5.69 Å². The molecule has 4 nitrogen and oxygen atoms in total. The second-order valence-electron chi connectivity index (χ2n) is 2.36. The predicted molar refractivity (Wildman–Crippen MR) is 43.0 cm³/mol. The molecule has 0 bridgehead atoms. The first-order valence-electron chi connectivity index (χ1n) is 3.50. The molecule has 0 spiro atoms. The molecule has 0 saturated carbocycles. The quantitative estimate of drug-likeness (QED) is 0.678. The number of aromatic hydroxyl groups is 1. The molecule has 60 valence electrons. The van der Waals surface area contributed by atoms with Crippen LogP contribution in [0.4, 0.5) is 0 Å². The average molecular weight is 161 g/mol. The van der Waals surface area contributed by atoms with Crippen LogP contribution in [0.2, 0.25) is 0 Å². The van der Waals surface area contributed by atoms with Gasteiger partial charge in [0.15, 0.2) is 0 Å². The first kappa shape index (κ1) is 6.84. The molecule has 0 amide bonds. The molecule has 0 aliphatic heterocycles. The van der Waals surface area contributed by atoms with Crippen molar-refractivity contribution in [3.8, 4) is 11.4 Å². The first-order valence-corrected chi connectivity index (χ1v) is 3.50. The maximum absolute atomic E-state index is 9.15. The van der Waals surface area contributed by atoms with Crippen LogP contribution in [0.15, 0.2) is 36.9 Å². The average Bonchev–Trinajstić information content (AvgIpc) is 2.56. The van der Waals surface area contributed by atoms with Crippen LogP contribution >= 0.6 is 0 Å². The standard InChI is InChI=1S/C8H7N3O/c12-8-3-1-2-7(4-8)11-6-9-5-10-11/h1-6,12H. The van der Waals surface area contributed by atoms with E-state index in [-0.39, 0.29) is 5.75 Å². The number of rotatable bonds is 1. The third-order valence-electron chi connectivity index (χ3n) is 1.51. The van der Waals surface area contributed by atoms with Crippen molar-refractivity contribution in [2.45, 2.75) is 0 Å². The molecule has 0 fully saturated rings. The minimum Gasteiger partial charge on any atom is -0.508 e. The Hall–Kier alpha value is -1.84. The fraction of sp³-hybridized carbons (Fsp3) is 0. The fourth-order valence-electron chi connectivity index (χ4n) is 0.977. The number of nitrogens with zero attached hydrogens (tertiary/aromatic N) is 3. The molecule has 1 N–H and O–H groups in total. The molecular weight excluding hydrogens is 154 g/mol. The lowest BCUT2D eigenvalue weighted by Gasteiger charge is -1.99. The summed E-state index contributed by atoms with van der Waals surface area (Å²) in [7, 11) is 0. The van der Waals surface area contributed by atoms with E-state index in [0.29, 0.717) is 0 Å². The van der Waals surface area contributed by atoms with E-state index in [1.165, 1.54) is 6.33 Å². The van der Waals surface area contributed by atoms with Crippen LogP contribution in [0, 0.1) is 0 Å². The van der Waals surface area contributed by atoms with Crippen LogP contribution in [-0.2, 0) is 0 Å². The third-order valence-corrected chi connectivity index (χ3v) is 1.51. The zero-order valence-corrected chi connectivity index (χ0v) is 6.25. The lowest BCUT2D eigenvalue weighted by molar-refractivity contribution is 0.475. The highest BCUT2D eigenvalue weighted by molar-refractivity contribution is 5.37. The summed E-state index contributed by atoms with van der Waals surface area (Å²) < 4.78 is 1.58. The van der Waals surface area contributed by atoms with E-state index >= 15 is 0 Å². The van der Waals surface area contributed by atoms with Gasteiger partial charge in [-0.15, -0.1) is 0 Å². The van der Waals surface area contributed by atoms with Gasteiger partial charge in [-0.1, -0.05) is 6.07 Å². The van der Waals surface area contributed by atoms with Crippen LogP contribution in [0.5, 0.6) is 5.75 Å². The van der Waals surface area contributed by atoms with E-state index in [1.54, 1.807) is 29.2 Å². The highest BCUT2D eigenvalue weighted by Crippen LogP contribution is 2.13. The van der Waals surface area contributed by atoms with Gasteiger partial charge in [0.2, 0.25) is 0 Å². The van der Waals surface area contributed by atoms with E-state index < -0.39 is 0 Å². The molecular formula is C8H7N3O. The molecule has 1 heterocycles.